The molecule has 4 heteroatoms. The number of furan rings is 1. The summed E-state index contributed by atoms with van der Waals surface area (Å²) in [5.74, 6) is -0.831. The Morgan fingerprint density at radius 1 is 1.38 bits per heavy atom. The smallest absolute Gasteiger partial charge is 0.319 e. The van der Waals surface area contributed by atoms with Crippen molar-refractivity contribution in [3.8, 4) is 0 Å². The Morgan fingerprint density at radius 3 is 2.75 bits per heavy atom. The molecule has 0 bridgehead atoms. The van der Waals surface area contributed by atoms with Crippen LogP contribution in [0, 0.1) is 0 Å². The van der Waals surface area contributed by atoms with Crippen LogP contribution in [-0.2, 0) is 4.79 Å². The van der Waals surface area contributed by atoms with E-state index in [2.05, 4.69) is 0 Å². The zero-order chi connectivity index (χ0) is 11.8. The maximum absolute atomic E-state index is 11.0. The number of hydrogen-bond acceptors (Lipinski definition) is 3. The zero-order valence-corrected chi connectivity index (χ0v) is 9.88. The fraction of sp³-hybridized carbons (Fsp3) is 0.250. The predicted molar refractivity (Wildman–Crippen MR) is 63.8 cm³/mol. The van der Waals surface area contributed by atoms with E-state index in [0.29, 0.717) is 0 Å². The second-order valence-electron chi connectivity index (χ2n) is 4.01. The first-order valence-corrected chi connectivity index (χ1v) is 5.71. The van der Waals surface area contributed by atoms with Crippen molar-refractivity contribution < 1.29 is 14.3 Å². The van der Waals surface area contributed by atoms with Gasteiger partial charge in [-0.05, 0) is 26.0 Å². The minimum absolute atomic E-state index is 0.784. The third kappa shape index (κ3) is 1.93. The van der Waals surface area contributed by atoms with Gasteiger partial charge < -0.3 is 9.52 Å². The molecule has 0 aliphatic carbocycles. The largest absolute Gasteiger partial charge is 0.480 e. The van der Waals surface area contributed by atoms with Gasteiger partial charge in [0.15, 0.2) is 0 Å². The van der Waals surface area contributed by atoms with Crippen molar-refractivity contribution in [3.05, 3.63) is 30.5 Å². The molecule has 2 aromatic rings. The summed E-state index contributed by atoms with van der Waals surface area (Å²) in [6.45, 7) is 3.36. The predicted octanol–water partition coefficient (Wildman–Crippen LogP) is 3.39. The molecule has 0 atom stereocenters. The summed E-state index contributed by atoms with van der Waals surface area (Å²) >= 11 is 1.30. The number of hydrogen-bond donors (Lipinski definition) is 1. The summed E-state index contributed by atoms with van der Waals surface area (Å²) < 4.78 is 4.51. The molecule has 0 saturated carbocycles. The van der Waals surface area contributed by atoms with Gasteiger partial charge in [0.1, 0.15) is 16.6 Å². The van der Waals surface area contributed by atoms with Gasteiger partial charge in [-0.3, -0.25) is 4.79 Å². The van der Waals surface area contributed by atoms with Crippen molar-refractivity contribution in [1.82, 2.24) is 0 Å². The first kappa shape index (κ1) is 11.1. The summed E-state index contributed by atoms with van der Waals surface area (Å²) in [4.78, 5) is 11.9. The highest BCUT2D eigenvalue weighted by Crippen LogP contribution is 2.37. The van der Waals surface area contributed by atoms with E-state index in [1.807, 2.05) is 24.3 Å². The van der Waals surface area contributed by atoms with Crippen LogP contribution in [0.3, 0.4) is 0 Å². The maximum Gasteiger partial charge on any atom is 0.319 e. The summed E-state index contributed by atoms with van der Waals surface area (Å²) in [6, 6.07) is 7.60. The molecule has 1 N–H and O–H groups in total. The lowest BCUT2D eigenvalue weighted by Crippen LogP contribution is -2.26. The van der Waals surface area contributed by atoms with Crippen LogP contribution in [0.4, 0.5) is 0 Å². The molecule has 1 heterocycles. The number of rotatable bonds is 3. The van der Waals surface area contributed by atoms with Gasteiger partial charge in [0.2, 0.25) is 0 Å². The highest BCUT2D eigenvalue weighted by molar-refractivity contribution is 8.01. The first-order valence-electron chi connectivity index (χ1n) is 4.89. The third-order valence-electron chi connectivity index (χ3n) is 2.33. The van der Waals surface area contributed by atoms with Gasteiger partial charge in [-0.2, -0.15) is 0 Å². The molecule has 1 aromatic carbocycles. The molecule has 0 spiro atoms. The number of aliphatic carboxylic acids is 1. The van der Waals surface area contributed by atoms with Crippen LogP contribution in [0.2, 0.25) is 0 Å². The summed E-state index contributed by atoms with van der Waals surface area (Å²) in [6.07, 6.45) is 1.61. The monoisotopic (exact) mass is 236 g/mol. The van der Waals surface area contributed by atoms with Crippen molar-refractivity contribution in [2.24, 2.45) is 0 Å². The van der Waals surface area contributed by atoms with Gasteiger partial charge in [0.05, 0.1) is 4.90 Å². The maximum atomic E-state index is 11.0. The molecular weight excluding hydrogens is 224 g/mol. The zero-order valence-electron chi connectivity index (χ0n) is 9.06. The van der Waals surface area contributed by atoms with Crippen molar-refractivity contribution in [2.75, 3.05) is 0 Å². The van der Waals surface area contributed by atoms with E-state index in [-0.39, 0.29) is 0 Å². The molecule has 0 fully saturated rings. The van der Waals surface area contributed by atoms with Gasteiger partial charge in [-0.25, -0.2) is 0 Å². The molecular formula is C12H12O3S. The number of carboxylic acids is 1. The number of carboxylic acid groups (broad SMARTS) is 1. The topological polar surface area (TPSA) is 50.4 Å². The van der Waals surface area contributed by atoms with E-state index in [1.165, 1.54) is 11.8 Å². The van der Waals surface area contributed by atoms with Crippen molar-refractivity contribution in [1.29, 1.82) is 0 Å². The molecule has 0 radical (unpaired) electrons. The van der Waals surface area contributed by atoms with Crippen LogP contribution in [0.5, 0.6) is 0 Å². The van der Waals surface area contributed by atoms with Crippen LogP contribution < -0.4 is 0 Å². The van der Waals surface area contributed by atoms with E-state index < -0.39 is 10.7 Å². The SMILES string of the molecule is CC(C)(Sc1coc2ccccc12)C(=O)O. The third-order valence-corrected chi connectivity index (χ3v) is 3.55. The standard InChI is InChI=1S/C12H12O3S/c1-12(2,11(13)14)16-10-7-15-9-6-4-3-5-8(9)10/h3-7H,1-2H3,(H,13,14). The van der Waals surface area contributed by atoms with E-state index in [9.17, 15) is 4.79 Å². The average molecular weight is 236 g/mol. The lowest BCUT2D eigenvalue weighted by molar-refractivity contribution is -0.138. The number of benzene rings is 1. The minimum Gasteiger partial charge on any atom is -0.480 e. The van der Waals surface area contributed by atoms with Crippen molar-refractivity contribution in [2.45, 2.75) is 23.5 Å². The molecule has 0 aliphatic rings. The Morgan fingerprint density at radius 2 is 2.06 bits per heavy atom. The van der Waals surface area contributed by atoms with Crippen LogP contribution in [0.1, 0.15) is 13.8 Å². The lowest BCUT2D eigenvalue weighted by atomic mass is 10.2. The molecule has 16 heavy (non-hydrogen) atoms. The van der Waals surface area contributed by atoms with Crippen molar-refractivity contribution in [3.63, 3.8) is 0 Å². The van der Waals surface area contributed by atoms with E-state index >= 15 is 0 Å². The fourth-order valence-corrected chi connectivity index (χ4v) is 2.36. The Labute approximate surface area is 97.4 Å². The quantitative estimate of drug-likeness (QED) is 0.830. The molecule has 0 amide bonds. The lowest BCUT2D eigenvalue weighted by Gasteiger charge is -2.17. The van der Waals surface area contributed by atoms with Gasteiger partial charge in [0.25, 0.3) is 0 Å². The molecule has 1 aromatic heterocycles. The van der Waals surface area contributed by atoms with Crippen LogP contribution >= 0.6 is 11.8 Å². The van der Waals surface area contributed by atoms with Gasteiger partial charge in [-0.15, -0.1) is 11.8 Å². The van der Waals surface area contributed by atoms with E-state index in [0.717, 1.165) is 15.9 Å². The van der Waals surface area contributed by atoms with Gasteiger partial charge in [-0.1, -0.05) is 12.1 Å². The number of para-hydroxylation sites is 1. The molecule has 0 unspecified atom stereocenters. The average Bonchev–Trinajstić information content (AvgIpc) is 2.61. The Kier molecular flexibility index (Phi) is 2.68. The number of carbonyl (C=O) groups is 1. The molecule has 0 saturated heterocycles. The Balaban J connectivity index is 2.38. The Hall–Kier alpha value is -1.42. The Bertz CT molecular complexity index is 528. The van der Waals surface area contributed by atoms with Gasteiger partial charge in [0, 0.05) is 5.39 Å². The van der Waals surface area contributed by atoms with Crippen LogP contribution in [0.25, 0.3) is 11.0 Å². The number of fused-ring (bicyclic) bond motifs is 1. The normalized spacial score (nSPS) is 11.9. The fourth-order valence-electron chi connectivity index (χ4n) is 1.35. The molecule has 84 valence electrons. The van der Waals surface area contributed by atoms with Crippen molar-refractivity contribution >= 4 is 28.7 Å². The second kappa shape index (κ2) is 3.87. The first-order chi connectivity index (χ1) is 7.50. The van der Waals surface area contributed by atoms with E-state index in [1.54, 1.807) is 20.1 Å². The van der Waals surface area contributed by atoms with E-state index in [4.69, 9.17) is 9.52 Å². The summed E-state index contributed by atoms with van der Waals surface area (Å²) in [5, 5.41) is 10.0. The van der Waals surface area contributed by atoms with Gasteiger partial charge >= 0.3 is 5.97 Å². The van der Waals surface area contributed by atoms with Crippen LogP contribution in [0.15, 0.2) is 39.8 Å². The van der Waals surface area contributed by atoms with Crippen LogP contribution in [-0.4, -0.2) is 15.8 Å². The minimum atomic E-state index is -0.855. The second-order valence-corrected chi connectivity index (χ2v) is 5.68. The molecule has 0 aliphatic heterocycles. The summed E-state index contributed by atoms with van der Waals surface area (Å²) in [7, 11) is 0. The number of thioether (sulfide) groups is 1. The molecule has 2 rings (SSSR count). The highest BCUT2D eigenvalue weighted by Gasteiger charge is 2.29. The molecule has 3 nitrogen and oxygen atoms in total. The highest BCUT2D eigenvalue weighted by atomic mass is 32.2. The summed E-state index contributed by atoms with van der Waals surface area (Å²) in [5.41, 5.74) is 0.784.